The van der Waals surface area contributed by atoms with E-state index in [1.807, 2.05) is 31.1 Å². The highest BCUT2D eigenvalue weighted by Gasteiger charge is 2.39. The second-order valence-corrected chi connectivity index (χ2v) is 8.26. The second-order valence-electron chi connectivity index (χ2n) is 8.26. The first-order chi connectivity index (χ1) is 14.5. The number of hydrogen-bond donors (Lipinski definition) is 2. The van der Waals surface area contributed by atoms with Crippen LogP contribution in [0.1, 0.15) is 43.2 Å². The monoisotopic (exact) mass is 411 g/mol. The van der Waals surface area contributed by atoms with Gasteiger partial charge in [0, 0.05) is 25.2 Å². The quantitative estimate of drug-likeness (QED) is 0.693. The molecule has 4 nitrogen and oxygen atoms in total. The Morgan fingerprint density at radius 2 is 1.80 bits per heavy atom. The zero-order chi connectivity index (χ0) is 21.6. The molecule has 2 N–H and O–H groups in total. The van der Waals surface area contributed by atoms with Crippen LogP contribution in [0, 0.1) is 11.7 Å². The molecule has 0 aromatic heterocycles. The van der Waals surface area contributed by atoms with Gasteiger partial charge in [-0.1, -0.05) is 49.4 Å². The third-order valence-corrected chi connectivity index (χ3v) is 6.68. The maximum absolute atomic E-state index is 13.8. The van der Waals surface area contributed by atoms with Gasteiger partial charge in [-0.2, -0.15) is 0 Å². The van der Waals surface area contributed by atoms with Crippen LogP contribution < -0.4 is 10.6 Å². The van der Waals surface area contributed by atoms with E-state index < -0.39 is 0 Å². The van der Waals surface area contributed by atoms with Gasteiger partial charge in [-0.05, 0) is 62.5 Å². The summed E-state index contributed by atoms with van der Waals surface area (Å²) in [6.07, 6.45) is 2.55. The van der Waals surface area contributed by atoms with Crippen molar-refractivity contribution in [2.24, 2.45) is 5.92 Å². The Balaban J connectivity index is 1.77. The fourth-order valence-electron chi connectivity index (χ4n) is 4.89. The summed E-state index contributed by atoms with van der Waals surface area (Å²) < 4.78 is 13.8. The Labute approximate surface area is 179 Å². The van der Waals surface area contributed by atoms with Crippen LogP contribution in [0.3, 0.4) is 0 Å². The molecule has 2 atom stereocenters. The van der Waals surface area contributed by atoms with E-state index in [1.54, 1.807) is 12.1 Å². The molecule has 2 aromatic rings. The van der Waals surface area contributed by atoms with Crippen LogP contribution in [-0.2, 0) is 10.3 Å². The molecule has 162 valence electrons. The second kappa shape index (κ2) is 10.2. The van der Waals surface area contributed by atoms with Crippen molar-refractivity contribution in [2.75, 3.05) is 33.7 Å². The van der Waals surface area contributed by atoms with Crippen molar-refractivity contribution in [3.05, 3.63) is 71.5 Å². The molecule has 0 radical (unpaired) electrons. The Bertz CT molecular complexity index is 818. The minimum absolute atomic E-state index is 0.00856. The molecular formula is C25H34FN3O. The van der Waals surface area contributed by atoms with Crippen LogP contribution >= 0.6 is 0 Å². The van der Waals surface area contributed by atoms with Crippen molar-refractivity contribution in [2.45, 2.75) is 37.6 Å². The maximum Gasteiger partial charge on any atom is 0.227 e. The molecule has 0 spiro atoms. The maximum atomic E-state index is 13.8. The molecular weight excluding hydrogens is 377 g/mol. The van der Waals surface area contributed by atoms with Gasteiger partial charge in [0.15, 0.2) is 0 Å². The molecule has 1 saturated heterocycles. The normalized spacial score (nSPS) is 18.1. The highest BCUT2D eigenvalue weighted by molar-refractivity contribution is 5.80. The van der Waals surface area contributed by atoms with Crippen LogP contribution in [0.4, 0.5) is 4.39 Å². The van der Waals surface area contributed by atoms with Crippen LogP contribution in [0.2, 0.25) is 0 Å². The lowest BCUT2D eigenvalue weighted by molar-refractivity contribution is -0.138. The molecule has 2 aromatic carbocycles. The van der Waals surface area contributed by atoms with Gasteiger partial charge in [0.05, 0.1) is 5.92 Å². The Hall–Kier alpha value is -2.24. The average molecular weight is 412 g/mol. The Morgan fingerprint density at radius 3 is 2.37 bits per heavy atom. The summed E-state index contributed by atoms with van der Waals surface area (Å²) in [7, 11) is 3.88. The van der Waals surface area contributed by atoms with E-state index in [0.717, 1.165) is 24.8 Å². The topological polar surface area (TPSA) is 44.4 Å². The fraction of sp³-hybridized carbons (Fsp3) is 0.480. The molecule has 0 saturated carbocycles. The van der Waals surface area contributed by atoms with E-state index in [1.165, 1.54) is 11.6 Å². The smallest absolute Gasteiger partial charge is 0.227 e. The van der Waals surface area contributed by atoms with E-state index in [4.69, 9.17) is 0 Å². The van der Waals surface area contributed by atoms with Gasteiger partial charge in [-0.3, -0.25) is 4.79 Å². The van der Waals surface area contributed by atoms with E-state index in [0.29, 0.717) is 19.6 Å². The highest BCUT2D eigenvalue weighted by Crippen LogP contribution is 2.35. The lowest BCUT2D eigenvalue weighted by Crippen LogP contribution is -2.53. The molecule has 1 heterocycles. The number of hydrogen-bond acceptors (Lipinski definition) is 3. The third-order valence-electron chi connectivity index (χ3n) is 6.68. The Morgan fingerprint density at radius 1 is 1.10 bits per heavy atom. The summed E-state index contributed by atoms with van der Waals surface area (Å²) in [6, 6.07) is 17.2. The zero-order valence-corrected chi connectivity index (χ0v) is 18.3. The van der Waals surface area contributed by atoms with Crippen molar-refractivity contribution in [1.29, 1.82) is 0 Å². The highest BCUT2D eigenvalue weighted by atomic mass is 19.1. The van der Waals surface area contributed by atoms with Crippen LogP contribution in [0.25, 0.3) is 0 Å². The van der Waals surface area contributed by atoms with E-state index in [-0.39, 0.29) is 29.1 Å². The van der Waals surface area contributed by atoms with E-state index in [2.05, 4.69) is 41.8 Å². The number of nitrogens with zero attached hydrogens (tertiary/aromatic N) is 1. The van der Waals surface area contributed by atoms with Gasteiger partial charge < -0.3 is 15.5 Å². The largest absolute Gasteiger partial charge is 0.342 e. The van der Waals surface area contributed by atoms with Crippen LogP contribution in [-0.4, -0.2) is 44.5 Å². The van der Waals surface area contributed by atoms with Gasteiger partial charge in [0.25, 0.3) is 0 Å². The summed E-state index contributed by atoms with van der Waals surface area (Å²) >= 11 is 0. The summed E-state index contributed by atoms with van der Waals surface area (Å²) in [5, 5.41) is 6.71. The summed E-state index contributed by atoms with van der Waals surface area (Å²) in [6.45, 7) is 4.09. The van der Waals surface area contributed by atoms with Crippen molar-refractivity contribution < 1.29 is 9.18 Å². The molecule has 3 rings (SSSR count). The number of amides is 1. The number of nitrogens with one attached hydrogen (secondary N) is 2. The first-order valence-corrected chi connectivity index (χ1v) is 11.0. The van der Waals surface area contributed by atoms with Gasteiger partial charge in [-0.15, -0.1) is 0 Å². The molecule has 1 fully saturated rings. The standard InChI is InChI=1S/C25H34FN3O/c1-4-22(19-9-8-12-21(26)17-19)23(18-27-2)24(30)29-15-13-25(28-3,14-16-29)20-10-6-5-7-11-20/h5-12,17,22-23,27-28H,4,13-16,18H2,1-3H3. The number of rotatable bonds is 8. The molecule has 30 heavy (non-hydrogen) atoms. The minimum Gasteiger partial charge on any atom is -0.342 e. The molecule has 2 unspecified atom stereocenters. The van der Waals surface area contributed by atoms with Crippen molar-refractivity contribution >= 4 is 5.91 Å². The summed E-state index contributed by atoms with van der Waals surface area (Å²) in [5.74, 6) is -0.300. The average Bonchev–Trinajstić information content (AvgIpc) is 2.79. The van der Waals surface area contributed by atoms with Crippen LogP contribution in [0.15, 0.2) is 54.6 Å². The third kappa shape index (κ3) is 4.73. The number of piperidine rings is 1. The molecule has 0 aliphatic carbocycles. The number of halogens is 1. The predicted molar refractivity (Wildman–Crippen MR) is 120 cm³/mol. The first kappa shape index (κ1) is 22.4. The fourth-order valence-corrected chi connectivity index (χ4v) is 4.89. The van der Waals surface area contributed by atoms with Gasteiger partial charge in [0.2, 0.25) is 5.91 Å². The predicted octanol–water partition coefficient (Wildman–Crippen LogP) is 3.89. The number of likely N-dealkylation sites (tertiary alicyclic amines) is 1. The minimum atomic E-state index is -0.249. The van der Waals surface area contributed by atoms with Crippen LogP contribution in [0.5, 0.6) is 0 Å². The van der Waals surface area contributed by atoms with Crippen molar-refractivity contribution in [3.8, 4) is 0 Å². The SMILES string of the molecule is CCC(c1cccc(F)c1)C(CNC)C(=O)N1CCC(NC)(c2ccccc2)CC1. The summed E-state index contributed by atoms with van der Waals surface area (Å²) in [5.41, 5.74) is 2.08. The number of carbonyl (C=O) groups excluding carboxylic acids is 1. The van der Waals surface area contributed by atoms with Gasteiger partial charge in [0.1, 0.15) is 5.82 Å². The number of benzene rings is 2. The lowest BCUT2D eigenvalue weighted by Gasteiger charge is -2.43. The van der Waals surface area contributed by atoms with Crippen molar-refractivity contribution in [1.82, 2.24) is 15.5 Å². The zero-order valence-electron chi connectivity index (χ0n) is 18.3. The summed E-state index contributed by atoms with van der Waals surface area (Å²) in [4.78, 5) is 15.6. The first-order valence-electron chi connectivity index (χ1n) is 11.0. The van der Waals surface area contributed by atoms with Crippen molar-refractivity contribution in [3.63, 3.8) is 0 Å². The van der Waals surface area contributed by atoms with E-state index >= 15 is 0 Å². The Kier molecular flexibility index (Phi) is 7.62. The molecule has 1 aliphatic heterocycles. The van der Waals surface area contributed by atoms with Gasteiger partial charge >= 0.3 is 0 Å². The number of carbonyl (C=O) groups is 1. The van der Waals surface area contributed by atoms with E-state index in [9.17, 15) is 9.18 Å². The van der Waals surface area contributed by atoms with Gasteiger partial charge in [-0.25, -0.2) is 4.39 Å². The molecule has 1 aliphatic rings. The molecule has 1 amide bonds. The lowest BCUT2D eigenvalue weighted by atomic mass is 9.79. The molecule has 5 heteroatoms. The molecule has 0 bridgehead atoms.